The van der Waals surface area contributed by atoms with E-state index >= 15 is 0 Å². The first-order valence-electron chi connectivity index (χ1n) is 9.55. The Morgan fingerprint density at radius 2 is 2.00 bits per heavy atom. The molecule has 1 aromatic rings. The number of amides is 3. The van der Waals surface area contributed by atoms with Crippen LogP contribution in [-0.2, 0) is 20.8 Å². The molecule has 3 fully saturated rings. The molecule has 1 N–H and O–H groups in total. The maximum atomic E-state index is 12.8. The maximum Gasteiger partial charge on any atom is 0.246 e. The number of rotatable bonds is 3. The van der Waals surface area contributed by atoms with Crippen LogP contribution in [0.3, 0.4) is 0 Å². The summed E-state index contributed by atoms with van der Waals surface area (Å²) in [7, 11) is 0. The van der Waals surface area contributed by atoms with Crippen LogP contribution in [0.15, 0.2) is 17.5 Å². The minimum atomic E-state index is -0.539. The Morgan fingerprint density at radius 1 is 1.19 bits per heavy atom. The number of hydrogen-bond donors (Lipinski definition) is 1. The Bertz CT molecular complexity index is 684. The minimum Gasteiger partial charge on any atom is -0.342 e. The first-order chi connectivity index (χ1) is 12.6. The topological polar surface area (TPSA) is 69.7 Å². The average molecular weight is 375 g/mol. The maximum absolute atomic E-state index is 12.8. The zero-order chi connectivity index (χ0) is 18.1. The fourth-order valence-corrected chi connectivity index (χ4v) is 5.13. The number of fused-ring (bicyclic) bond motifs is 1. The number of thiophene rings is 1. The zero-order valence-electron chi connectivity index (χ0n) is 14.9. The normalized spacial score (nSPS) is 27.2. The summed E-state index contributed by atoms with van der Waals surface area (Å²) in [5, 5.41) is 4.86. The number of hydrogen-bond acceptors (Lipinski definition) is 4. The number of carbonyl (C=O) groups is 3. The molecule has 0 bridgehead atoms. The Morgan fingerprint density at radius 3 is 2.73 bits per heavy atom. The van der Waals surface area contributed by atoms with Gasteiger partial charge in [-0.2, -0.15) is 0 Å². The summed E-state index contributed by atoms with van der Waals surface area (Å²) in [5.74, 6) is 0.120. The molecule has 1 aromatic heterocycles. The van der Waals surface area contributed by atoms with Crippen molar-refractivity contribution in [3.63, 3.8) is 0 Å². The Balaban J connectivity index is 1.41. The lowest BCUT2D eigenvalue weighted by molar-refractivity contribution is -0.156. The van der Waals surface area contributed by atoms with E-state index in [1.54, 1.807) is 16.2 Å². The highest BCUT2D eigenvalue weighted by molar-refractivity contribution is 7.09. The molecule has 3 aliphatic rings. The van der Waals surface area contributed by atoms with Crippen LogP contribution in [0, 0.1) is 5.92 Å². The predicted molar refractivity (Wildman–Crippen MR) is 98.6 cm³/mol. The minimum absolute atomic E-state index is 0.0206. The van der Waals surface area contributed by atoms with Gasteiger partial charge in [0, 0.05) is 30.3 Å². The third kappa shape index (κ3) is 3.37. The molecular weight excluding hydrogens is 350 g/mol. The SMILES string of the molecule is O=C1NC(Cc2cccs2)C(=O)N2CCN(C(=O)C3CCCCC3)CC12. The van der Waals surface area contributed by atoms with Gasteiger partial charge in [-0.3, -0.25) is 14.4 Å². The third-order valence-electron chi connectivity index (χ3n) is 5.83. The molecule has 140 valence electrons. The van der Waals surface area contributed by atoms with Gasteiger partial charge in [-0.1, -0.05) is 25.3 Å². The van der Waals surface area contributed by atoms with Gasteiger partial charge in [0.15, 0.2) is 0 Å². The number of nitrogens with one attached hydrogen (secondary N) is 1. The van der Waals surface area contributed by atoms with Crippen LogP contribution in [-0.4, -0.2) is 59.2 Å². The van der Waals surface area contributed by atoms with Crippen LogP contribution in [0.2, 0.25) is 0 Å². The van der Waals surface area contributed by atoms with Gasteiger partial charge < -0.3 is 15.1 Å². The van der Waals surface area contributed by atoms with E-state index in [9.17, 15) is 14.4 Å². The quantitative estimate of drug-likeness (QED) is 0.868. The fourth-order valence-electron chi connectivity index (χ4n) is 4.38. The van der Waals surface area contributed by atoms with Crippen molar-refractivity contribution in [2.45, 2.75) is 50.6 Å². The molecule has 2 aliphatic heterocycles. The molecule has 26 heavy (non-hydrogen) atoms. The molecule has 3 heterocycles. The molecule has 7 heteroatoms. The van der Waals surface area contributed by atoms with E-state index in [1.165, 1.54) is 6.42 Å². The molecule has 2 saturated heterocycles. The zero-order valence-corrected chi connectivity index (χ0v) is 15.7. The number of piperazine rings is 2. The monoisotopic (exact) mass is 375 g/mol. The van der Waals surface area contributed by atoms with E-state index in [0.29, 0.717) is 26.1 Å². The van der Waals surface area contributed by atoms with Gasteiger partial charge in [-0.15, -0.1) is 11.3 Å². The van der Waals surface area contributed by atoms with Gasteiger partial charge in [-0.05, 0) is 24.3 Å². The van der Waals surface area contributed by atoms with E-state index in [1.807, 2.05) is 22.4 Å². The van der Waals surface area contributed by atoms with E-state index in [2.05, 4.69) is 5.32 Å². The van der Waals surface area contributed by atoms with Crippen molar-refractivity contribution in [3.05, 3.63) is 22.4 Å². The molecule has 4 rings (SSSR count). The second-order valence-electron chi connectivity index (χ2n) is 7.51. The van der Waals surface area contributed by atoms with Crippen LogP contribution in [0.25, 0.3) is 0 Å². The van der Waals surface area contributed by atoms with Crippen molar-refractivity contribution < 1.29 is 14.4 Å². The first-order valence-corrected chi connectivity index (χ1v) is 10.4. The van der Waals surface area contributed by atoms with E-state index in [0.717, 1.165) is 30.6 Å². The Labute approximate surface area is 157 Å². The molecule has 2 unspecified atom stereocenters. The third-order valence-corrected chi connectivity index (χ3v) is 6.73. The lowest BCUT2D eigenvalue weighted by atomic mass is 9.88. The van der Waals surface area contributed by atoms with Gasteiger partial charge in [0.2, 0.25) is 17.7 Å². The van der Waals surface area contributed by atoms with Crippen molar-refractivity contribution in [2.75, 3.05) is 19.6 Å². The van der Waals surface area contributed by atoms with Gasteiger partial charge in [0.05, 0.1) is 6.54 Å². The number of carbonyl (C=O) groups excluding carboxylic acids is 3. The van der Waals surface area contributed by atoms with Crippen LogP contribution in [0.4, 0.5) is 0 Å². The molecule has 3 amide bonds. The summed E-state index contributed by atoms with van der Waals surface area (Å²) in [4.78, 5) is 42.8. The summed E-state index contributed by atoms with van der Waals surface area (Å²) in [6, 6.07) is 2.91. The predicted octanol–water partition coefficient (Wildman–Crippen LogP) is 1.41. The molecule has 0 aromatic carbocycles. The summed E-state index contributed by atoms with van der Waals surface area (Å²) in [6.45, 7) is 1.32. The van der Waals surface area contributed by atoms with E-state index in [-0.39, 0.29) is 23.6 Å². The molecule has 1 aliphatic carbocycles. The standard InChI is InChI=1S/C19H25N3O3S/c23-17-16-12-21(18(24)13-5-2-1-3-6-13)8-9-22(16)19(25)15(20-17)11-14-7-4-10-26-14/h4,7,10,13,15-16H,1-3,5-6,8-9,11-12H2,(H,20,23). The first kappa shape index (κ1) is 17.5. The van der Waals surface area contributed by atoms with Crippen molar-refractivity contribution in [3.8, 4) is 0 Å². The van der Waals surface area contributed by atoms with Crippen molar-refractivity contribution in [1.82, 2.24) is 15.1 Å². The molecular formula is C19H25N3O3S. The second kappa shape index (κ2) is 7.39. The second-order valence-corrected chi connectivity index (χ2v) is 8.54. The molecule has 0 spiro atoms. The van der Waals surface area contributed by atoms with Crippen LogP contribution in [0.5, 0.6) is 0 Å². The Hall–Kier alpha value is -1.89. The Kier molecular flexibility index (Phi) is 4.98. The summed E-state index contributed by atoms with van der Waals surface area (Å²) in [6.07, 6.45) is 5.89. The van der Waals surface area contributed by atoms with E-state index in [4.69, 9.17) is 0 Å². The van der Waals surface area contributed by atoms with Gasteiger partial charge >= 0.3 is 0 Å². The van der Waals surface area contributed by atoms with Gasteiger partial charge in [-0.25, -0.2) is 0 Å². The summed E-state index contributed by atoms with van der Waals surface area (Å²) >= 11 is 1.59. The lowest BCUT2D eigenvalue weighted by Crippen LogP contribution is -2.70. The molecule has 1 saturated carbocycles. The van der Waals surface area contributed by atoms with Crippen LogP contribution >= 0.6 is 11.3 Å². The molecule has 2 atom stereocenters. The highest BCUT2D eigenvalue weighted by Gasteiger charge is 2.44. The highest BCUT2D eigenvalue weighted by Crippen LogP contribution is 2.27. The molecule has 0 radical (unpaired) electrons. The smallest absolute Gasteiger partial charge is 0.246 e. The van der Waals surface area contributed by atoms with E-state index < -0.39 is 12.1 Å². The van der Waals surface area contributed by atoms with Crippen molar-refractivity contribution in [2.24, 2.45) is 5.92 Å². The largest absolute Gasteiger partial charge is 0.342 e. The van der Waals surface area contributed by atoms with Gasteiger partial charge in [0.25, 0.3) is 0 Å². The highest BCUT2D eigenvalue weighted by atomic mass is 32.1. The molecule has 6 nitrogen and oxygen atoms in total. The van der Waals surface area contributed by atoms with Crippen molar-refractivity contribution >= 4 is 29.1 Å². The van der Waals surface area contributed by atoms with Gasteiger partial charge in [0.1, 0.15) is 12.1 Å². The van der Waals surface area contributed by atoms with Crippen LogP contribution in [0.1, 0.15) is 37.0 Å². The fraction of sp³-hybridized carbons (Fsp3) is 0.632. The summed E-state index contributed by atoms with van der Waals surface area (Å²) < 4.78 is 0. The van der Waals surface area contributed by atoms with Crippen molar-refractivity contribution in [1.29, 1.82) is 0 Å². The summed E-state index contributed by atoms with van der Waals surface area (Å²) in [5.41, 5.74) is 0. The number of nitrogens with zero attached hydrogens (tertiary/aromatic N) is 2. The lowest BCUT2D eigenvalue weighted by Gasteiger charge is -2.46. The van der Waals surface area contributed by atoms with Crippen LogP contribution < -0.4 is 5.32 Å². The average Bonchev–Trinajstić information content (AvgIpc) is 3.19.